The van der Waals surface area contributed by atoms with Crippen molar-refractivity contribution in [2.24, 2.45) is 40.4 Å². The lowest BCUT2D eigenvalue weighted by Crippen LogP contribution is -2.68. The van der Waals surface area contributed by atoms with E-state index in [1.807, 2.05) is 6.92 Å². The summed E-state index contributed by atoms with van der Waals surface area (Å²) in [7, 11) is 0. The fourth-order valence-electron chi connectivity index (χ4n) is 17.1. The average molecular weight is 1230 g/mol. The van der Waals surface area contributed by atoms with Crippen molar-refractivity contribution >= 4 is 0 Å². The van der Waals surface area contributed by atoms with Gasteiger partial charge in [0.15, 0.2) is 37.2 Å². The van der Waals surface area contributed by atoms with Crippen LogP contribution in [0.25, 0.3) is 0 Å². The van der Waals surface area contributed by atoms with Crippen LogP contribution in [-0.2, 0) is 56.8 Å². The first kappa shape index (κ1) is 65.1. The second-order valence-electron chi connectivity index (χ2n) is 27.0. The van der Waals surface area contributed by atoms with Gasteiger partial charge < -0.3 is 139 Å². The van der Waals surface area contributed by atoms with Crippen molar-refractivity contribution in [3.8, 4) is 0 Å². The standard InChI is InChI=1S/C57H92O28/c1-21-33-28(84-57(21)13-12-54(3,85-57)20-74-49-41(69)39(67)35(63)29(16-58)77-49)15-27-25-7-6-23-14-24(8-10-55(23,4)26(25)9-11-56(27,33)5)76-53-48(44(72)46(32(19-61)80-53)81-50-42(70)38(66)34(62)22(2)75-50)83-52-45(73)47(37(65)31(18-60)79-52)82-51-43(71)40(68)36(64)30(17-59)78-51/h6,21-22,24-53,58-73H,7-20H2,1-5H3/t21-,22-,24-,25+,26?,27?,28-,29+,30+,31+,32+,33-,34-,35+,36+,37+,38+,39-,40-,41+,42+,43+,44-,45+,46+,47-,48+,49+,50-,51-,52-,53+,54-,55-,56-,57-/m0/s1. The highest BCUT2D eigenvalue weighted by atomic mass is 16.8. The highest BCUT2D eigenvalue weighted by molar-refractivity contribution is 5.27. The van der Waals surface area contributed by atoms with E-state index in [4.69, 9.17) is 56.8 Å². The predicted octanol–water partition coefficient (Wildman–Crippen LogP) is -5.02. The lowest BCUT2D eigenvalue weighted by molar-refractivity contribution is -0.398. The minimum absolute atomic E-state index is 0.0159. The van der Waals surface area contributed by atoms with Crippen LogP contribution in [0.2, 0.25) is 0 Å². The normalized spacial score (nSPS) is 57.0. The summed E-state index contributed by atoms with van der Waals surface area (Å²) in [6.45, 7) is 7.29. The molecular formula is C57H92O28. The van der Waals surface area contributed by atoms with Gasteiger partial charge in [0.2, 0.25) is 0 Å². The van der Waals surface area contributed by atoms with E-state index in [0.29, 0.717) is 49.9 Å². The minimum atomic E-state index is -2.04. The van der Waals surface area contributed by atoms with Gasteiger partial charge in [0.25, 0.3) is 0 Å². The molecule has 3 saturated carbocycles. The molecule has 28 nitrogen and oxygen atoms in total. The van der Waals surface area contributed by atoms with Crippen LogP contribution in [0.5, 0.6) is 0 Å². The van der Waals surface area contributed by atoms with Gasteiger partial charge in [-0.05, 0) is 99.7 Å². The maximum absolute atomic E-state index is 12.4. The zero-order chi connectivity index (χ0) is 61.1. The molecule has 0 aromatic heterocycles. The average Bonchev–Trinajstić information content (AvgIpc) is 1.81. The Morgan fingerprint density at radius 3 is 1.71 bits per heavy atom. The fourth-order valence-corrected chi connectivity index (χ4v) is 17.1. The van der Waals surface area contributed by atoms with Crippen LogP contribution in [0.15, 0.2) is 11.6 Å². The summed E-state index contributed by atoms with van der Waals surface area (Å²) in [6, 6.07) is 0. The van der Waals surface area contributed by atoms with Gasteiger partial charge in [0.1, 0.15) is 116 Å². The summed E-state index contributed by atoms with van der Waals surface area (Å²) >= 11 is 0. The molecule has 85 heavy (non-hydrogen) atoms. The predicted molar refractivity (Wildman–Crippen MR) is 281 cm³/mol. The number of rotatable bonds is 15. The highest BCUT2D eigenvalue weighted by Crippen LogP contribution is 2.71. The smallest absolute Gasteiger partial charge is 0.187 e. The third-order valence-electron chi connectivity index (χ3n) is 22.0. The lowest BCUT2D eigenvalue weighted by Gasteiger charge is -2.58. The Hall–Kier alpha value is -1.38. The molecule has 16 N–H and O–H groups in total. The van der Waals surface area contributed by atoms with Gasteiger partial charge >= 0.3 is 0 Å². The van der Waals surface area contributed by atoms with Crippen LogP contribution in [-0.4, -0.2) is 292 Å². The molecule has 1 spiro atoms. The Bertz CT molecular complexity index is 2310. The molecule has 10 fully saturated rings. The topological polar surface area (TPSA) is 434 Å². The van der Waals surface area contributed by atoms with E-state index >= 15 is 0 Å². The third kappa shape index (κ3) is 11.3. The zero-order valence-corrected chi connectivity index (χ0v) is 48.5. The second-order valence-corrected chi connectivity index (χ2v) is 27.0. The van der Waals surface area contributed by atoms with Crippen molar-refractivity contribution in [2.75, 3.05) is 33.0 Å². The number of aliphatic hydroxyl groups excluding tert-OH is 16. The molecular weight excluding hydrogens is 1130 g/mol. The molecule has 0 aromatic carbocycles. The molecule has 28 heteroatoms. The number of fused-ring (bicyclic) bond motifs is 7. The molecule has 36 atom stereocenters. The van der Waals surface area contributed by atoms with Crippen molar-refractivity contribution in [1.82, 2.24) is 0 Å². The number of ether oxygens (including phenoxy) is 12. The van der Waals surface area contributed by atoms with Crippen LogP contribution in [0.1, 0.15) is 92.4 Å². The summed E-state index contributed by atoms with van der Waals surface area (Å²) in [5, 5.41) is 171. The molecule has 11 rings (SSSR count). The summed E-state index contributed by atoms with van der Waals surface area (Å²) in [5.41, 5.74) is 0.120. The monoisotopic (exact) mass is 1220 g/mol. The largest absolute Gasteiger partial charge is 0.394 e. The number of hydrogen-bond acceptors (Lipinski definition) is 28. The first-order valence-corrected chi connectivity index (χ1v) is 30.4. The van der Waals surface area contributed by atoms with Crippen LogP contribution in [0, 0.1) is 40.4 Å². The zero-order valence-electron chi connectivity index (χ0n) is 48.5. The van der Waals surface area contributed by atoms with E-state index in [9.17, 15) is 81.7 Å². The van der Waals surface area contributed by atoms with Gasteiger partial charge in [-0.1, -0.05) is 32.4 Å². The van der Waals surface area contributed by atoms with Gasteiger partial charge in [-0.15, -0.1) is 0 Å². The quantitative estimate of drug-likeness (QED) is 0.0683. The molecule has 2 unspecified atom stereocenters. The van der Waals surface area contributed by atoms with Gasteiger partial charge in [-0.25, -0.2) is 0 Å². The molecule has 0 aromatic rings. The first-order chi connectivity index (χ1) is 40.2. The van der Waals surface area contributed by atoms with E-state index in [0.717, 1.165) is 25.7 Å². The third-order valence-corrected chi connectivity index (χ3v) is 22.0. The van der Waals surface area contributed by atoms with Gasteiger partial charge in [-0.2, -0.15) is 0 Å². The Kier molecular flexibility index (Phi) is 19.1. The van der Waals surface area contributed by atoms with Crippen molar-refractivity contribution in [3.63, 3.8) is 0 Å². The first-order valence-electron chi connectivity index (χ1n) is 30.4. The van der Waals surface area contributed by atoms with Gasteiger partial charge in [-0.3, -0.25) is 0 Å². The Balaban J connectivity index is 0.784. The van der Waals surface area contributed by atoms with Crippen molar-refractivity contribution in [1.29, 1.82) is 0 Å². The maximum Gasteiger partial charge on any atom is 0.187 e. The molecule has 7 heterocycles. The number of aliphatic hydroxyl groups is 16. The summed E-state index contributed by atoms with van der Waals surface area (Å²) in [4.78, 5) is 0. The van der Waals surface area contributed by atoms with Crippen molar-refractivity contribution in [3.05, 3.63) is 11.6 Å². The van der Waals surface area contributed by atoms with Crippen LogP contribution < -0.4 is 0 Å². The molecule has 4 aliphatic carbocycles. The van der Waals surface area contributed by atoms with E-state index < -0.39 is 197 Å². The Morgan fingerprint density at radius 2 is 1.06 bits per heavy atom. The Labute approximate surface area is 491 Å². The number of hydrogen-bond donors (Lipinski definition) is 16. The molecule has 7 saturated heterocycles. The van der Waals surface area contributed by atoms with Crippen molar-refractivity contribution in [2.45, 2.75) is 270 Å². The second kappa shape index (κ2) is 24.9. The fraction of sp³-hybridized carbons (Fsp3) is 0.965. The van der Waals surface area contributed by atoms with Crippen LogP contribution >= 0.6 is 0 Å². The number of allylic oxidation sites excluding steroid dienone is 1. The molecule has 488 valence electrons. The Morgan fingerprint density at radius 1 is 0.506 bits per heavy atom. The maximum atomic E-state index is 12.4. The summed E-state index contributed by atoms with van der Waals surface area (Å²) in [5.74, 6) is 0.444. The van der Waals surface area contributed by atoms with E-state index in [1.54, 1.807) is 0 Å². The van der Waals surface area contributed by atoms with Crippen LogP contribution in [0.4, 0.5) is 0 Å². The van der Waals surface area contributed by atoms with Gasteiger partial charge in [0.05, 0.1) is 56.9 Å². The molecule has 11 aliphatic rings. The summed E-state index contributed by atoms with van der Waals surface area (Å²) < 4.78 is 74.1. The van der Waals surface area contributed by atoms with E-state index in [1.165, 1.54) is 12.5 Å². The van der Waals surface area contributed by atoms with E-state index in [-0.39, 0.29) is 35.4 Å². The SMILES string of the molecule is C[C@@H]1O[C@@H](O[C@H]2[C@H](O)[C@@H](O[C@@H]3O[C@H](CO)[C@@H](O)[C@H](O[C@@H]4O[C@H](CO)[C@@H](O)[C@H](O)[C@H]4O)[C@H]3O)[C@H](O[C@H]3CC[C@@]4(C)C(=CC[C@@H]5C4CC[C@@]4(C)C5C[C@@H]5O[C@]6(CC[C@@](C)(CO[C@@H]7O[C@H](CO)[C@@H](O)[C@H](O)[C@H]7O)O6)[C@@H](C)[C@@H]54)C3)O[C@@H]2CO)[C@H](O)[C@H](O)[C@H]1O. The molecule has 0 radical (unpaired) electrons. The van der Waals surface area contributed by atoms with E-state index in [2.05, 4.69) is 26.8 Å². The highest BCUT2D eigenvalue weighted by Gasteiger charge is 2.71. The molecule has 0 bridgehead atoms. The van der Waals surface area contributed by atoms with Gasteiger partial charge in [0, 0.05) is 12.3 Å². The van der Waals surface area contributed by atoms with Crippen LogP contribution in [0.3, 0.4) is 0 Å². The summed E-state index contributed by atoms with van der Waals surface area (Å²) in [6.07, 6.45) is -32.8. The lowest BCUT2D eigenvalue weighted by atomic mass is 9.47. The molecule has 0 amide bonds. The molecule has 7 aliphatic heterocycles. The van der Waals surface area contributed by atoms with Crippen molar-refractivity contribution < 1.29 is 139 Å². The minimum Gasteiger partial charge on any atom is -0.394 e.